The standard InChI is InChI=1S/C21H24F3N7O3/c1-11-16(31(9-20(11,2)3)15(32)8-27-19(34)21(22,23)24)18(33)29-13(5-25)12-6-26-7-14-17(12)30(4)10-28-14/h6-7,10-11,13,16H,8-9H2,1-4H3,(H,27,34)(H,29,33)/t11?,13?,16-/m0/s1. The van der Waals surface area contributed by atoms with E-state index in [1.807, 2.05) is 19.9 Å². The molecule has 2 N–H and O–H groups in total. The molecule has 0 spiro atoms. The van der Waals surface area contributed by atoms with Gasteiger partial charge in [-0.15, -0.1) is 0 Å². The summed E-state index contributed by atoms with van der Waals surface area (Å²) in [5.74, 6) is -4.10. The second-order valence-electron chi connectivity index (χ2n) is 8.95. The van der Waals surface area contributed by atoms with Crippen LogP contribution in [-0.4, -0.2) is 62.5 Å². The van der Waals surface area contributed by atoms with Gasteiger partial charge in [0.05, 0.1) is 30.7 Å². The number of aromatic nitrogens is 3. The highest BCUT2D eigenvalue weighted by Crippen LogP contribution is 2.40. The fourth-order valence-corrected chi connectivity index (χ4v) is 4.11. The first kappa shape index (κ1) is 24.9. The Bertz CT molecular complexity index is 1170. The molecule has 1 aliphatic rings. The lowest BCUT2D eigenvalue weighted by atomic mass is 9.80. The largest absolute Gasteiger partial charge is 0.471 e. The first-order valence-corrected chi connectivity index (χ1v) is 10.4. The Morgan fingerprint density at radius 2 is 2.00 bits per heavy atom. The van der Waals surface area contributed by atoms with Gasteiger partial charge in [0.15, 0.2) is 0 Å². The van der Waals surface area contributed by atoms with Crippen molar-refractivity contribution in [3.8, 4) is 6.07 Å². The van der Waals surface area contributed by atoms with Crippen molar-refractivity contribution in [2.45, 2.75) is 39.0 Å². The summed E-state index contributed by atoms with van der Waals surface area (Å²) in [6.07, 6.45) is -0.624. The highest BCUT2D eigenvalue weighted by atomic mass is 19.4. The molecule has 10 nitrogen and oxygen atoms in total. The Balaban J connectivity index is 1.84. The Morgan fingerprint density at radius 1 is 1.32 bits per heavy atom. The van der Waals surface area contributed by atoms with Crippen molar-refractivity contribution in [1.82, 2.24) is 30.1 Å². The summed E-state index contributed by atoms with van der Waals surface area (Å²) in [5.41, 5.74) is 0.998. The second-order valence-corrected chi connectivity index (χ2v) is 8.95. The lowest BCUT2D eigenvalue weighted by Gasteiger charge is -2.27. The van der Waals surface area contributed by atoms with Crippen LogP contribution in [-0.2, 0) is 21.4 Å². The number of halogens is 3. The zero-order valence-corrected chi connectivity index (χ0v) is 19.0. The number of pyridine rings is 1. The van der Waals surface area contributed by atoms with Crippen LogP contribution in [0.3, 0.4) is 0 Å². The van der Waals surface area contributed by atoms with Gasteiger partial charge in [0.1, 0.15) is 17.6 Å². The third-order valence-electron chi connectivity index (χ3n) is 6.24. The van der Waals surface area contributed by atoms with Crippen molar-refractivity contribution in [2.75, 3.05) is 13.1 Å². The van der Waals surface area contributed by atoms with Crippen LogP contribution in [0.15, 0.2) is 18.7 Å². The van der Waals surface area contributed by atoms with E-state index in [-0.39, 0.29) is 12.5 Å². The van der Waals surface area contributed by atoms with Crippen LogP contribution in [0, 0.1) is 22.7 Å². The minimum absolute atomic E-state index is 0.0864. The molecule has 0 aliphatic carbocycles. The molecule has 3 atom stereocenters. The van der Waals surface area contributed by atoms with Crippen LogP contribution in [0.4, 0.5) is 13.2 Å². The first-order chi connectivity index (χ1) is 15.8. The summed E-state index contributed by atoms with van der Waals surface area (Å²) in [7, 11) is 1.73. The quantitative estimate of drug-likeness (QED) is 0.662. The summed E-state index contributed by atoms with van der Waals surface area (Å²) < 4.78 is 39.1. The summed E-state index contributed by atoms with van der Waals surface area (Å²) in [5, 5.41) is 13.9. The van der Waals surface area contributed by atoms with Gasteiger partial charge in [-0.05, 0) is 11.3 Å². The summed E-state index contributed by atoms with van der Waals surface area (Å²) >= 11 is 0. The van der Waals surface area contributed by atoms with Crippen LogP contribution in [0.2, 0.25) is 0 Å². The number of imidazole rings is 1. The number of alkyl halides is 3. The zero-order valence-electron chi connectivity index (χ0n) is 19.0. The Hall–Kier alpha value is -3.69. The summed E-state index contributed by atoms with van der Waals surface area (Å²) in [6.45, 7) is 4.56. The van der Waals surface area contributed by atoms with Crippen molar-refractivity contribution in [2.24, 2.45) is 18.4 Å². The van der Waals surface area contributed by atoms with Gasteiger partial charge in [0.25, 0.3) is 0 Å². The van der Waals surface area contributed by atoms with Crippen LogP contribution < -0.4 is 10.6 Å². The number of aryl methyl sites for hydroxylation is 1. The van der Waals surface area contributed by atoms with Crippen LogP contribution in [0.1, 0.15) is 32.4 Å². The van der Waals surface area contributed by atoms with Crippen LogP contribution >= 0.6 is 0 Å². The summed E-state index contributed by atoms with van der Waals surface area (Å²) in [4.78, 5) is 46.5. The number of carbonyl (C=O) groups is 3. The van der Waals surface area contributed by atoms with Crippen molar-refractivity contribution in [3.63, 3.8) is 0 Å². The number of nitrogens with one attached hydrogen (secondary N) is 2. The zero-order chi connectivity index (χ0) is 25.4. The minimum atomic E-state index is -5.13. The molecule has 0 saturated carbocycles. The molecule has 3 rings (SSSR count). The topological polar surface area (TPSA) is 133 Å². The third-order valence-corrected chi connectivity index (χ3v) is 6.24. The molecule has 3 amide bonds. The van der Waals surface area contributed by atoms with Crippen molar-refractivity contribution < 1.29 is 27.6 Å². The predicted molar refractivity (Wildman–Crippen MR) is 113 cm³/mol. The Morgan fingerprint density at radius 3 is 2.62 bits per heavy atom. The molecule has 3 heterocycles. The van der Waals surface area contributed by atoms with E-state index in [2.05, 4.69) is 15.3 Å². The first-order valence-electron chi connectivity index (χ1n) is 10.4. The predicted octanol–water partition coefficient (Wildman–Crippen LogP) is 1.20. The Labute approximate surface area is 193 Å². The molecule has 0 radical (unpaired) electrons. The van der Waals surface area contributed by atoms with E-state index < -0.39 is 47.9 Å². The molecule has 2 aromatic rings. The maximum atomic E-state index is 13.3. The third kappa shape index (κ3) is 4.66. The SMILES string of the molecule is CC1[C@@H](C(=O)NC(C#N)c2cncc3ncn(C)c23)N(C(=O)CNC(=O)C(F)(F)F)CC1(C)C. The lowest BCUT2D eigenvalue weighted by Crippen LogP contribution is -2.52. The van der Waals surface area contributed by atoms with E-state index in [1.165, 1.54) is 12.4 Å². The van der Waals surface area contributed by atoms with E-state index in [0.717, 1.165) is 4.90 Å². The van der Waals surface area contributed by atoms with E-state index in [4.69, 9.17) is 0 Å². The maximum absolute atomic E-state index is 13.3. The minimum Gasteiger partial charge on any atom is -0.339 e. The van der Waals surface area contributed by atoms with E-state index in [1.54, 1.807) is 30.2 Å². The van der Waals surface area contributed by atoms with Gasteiger partial charge in [0, 0.05) is 25.4 Å². The molecular weight excluding hydrogens is 455 g/mol. The average Bonchev–Trinajstić information content (AvgIpc) is 3.26. The highest BCUT2D eigenvalue weighted by Gasteiger charge is 2.50. The van der Waals surface area contributed by atoms with Crippen molar-refractivity contribution >= 4 is 28.8 Å². The van der Waals surface area contributed by atoms with Crippen LogP contribution in [0.5, 0.6) is 0 Å². The number of hydrogen-bond donors (Lipinski definition) is 2. The van der Waals surface area contributed by atoms with Gasteiger partial charge in [-0.3, -0.25) is 19.4 Å². The maximum Gasteiger partial charge on any atom is 0.471 e. The van der Waals surface area contributed by atoms with Crippen LogP contribution in [0.25, 0.3) is 11.0 Å². The number of amides is 3. The molecule has 1 aliphatic heterocycles. The fraction of sp³-hybridized carbons (Fsp3) is 0.524. The van der Waals surface area contributed by atoms with Crippen molar-refractivity contribution in [3.05, 3.63) is 24.3 Å². The second kappa shape index (κ2) is 8.92. The molecular formula is C21H24F3N7O3. The van der Waals surface area contributed by atoms with Gasteiger partial charge < -0.3 is 20.1 Å². The molecule has 13 heteroatoms. The number of nitrogens with zero attached hydrogens (tertiary/aromatic N) is 5. The molecule has 0 bridgehead atoms. The van der Waals surface area contributed by atoms with E-state index in [0.29, 0.717) is 16.6 Å². The molecule has 2 aromatic heterocycles. The fourth-order valence-electron chi connectivity index (χ4n) is 4.11. The van der Waals surface area contributed by atoms with Gasteiger partial charge >= 0.3 is 12.1 Å². The Kier molecular flexibility index (Phi) is 6.55. The molecule has 182 valence electrons. The molecule has 1 fully saturated rings. The smallest absolute Gasteiger partial charge is 0.339 e. The van der Waals surface area contributed by atoms with E-state index >= 15 is 0 Å². The van der Waals surface area contributed by atoms with Gasteiger partial charge in [-0.2, -0.15) is 18.4 Å². The number of fused-ring (bicyclic) bond motifs is 1. The van der Waals surface area contributed by atoms with Crippen molar-refractivity contribution in [1.29, 1.82) is 5.26 Å². The number of likely N-dealkylation sites (tertiary alicyclic amines) is 1. The number of hydrogen-bond acceptors (Lipinski definition) is 6. The van der Waals surface area contributed by atoms with E-state index in [9.17, 15) is 32.8 Å². The molecule has 34 heavy (non-hydrogen) atoms. The van der Waals surface area contributed by atoms with Gasteiger partial charge in [-0.25, -0.2) is 4.98 Å². The molecule has 2 unspecified atom stereocenters. The number of carbonyl (C=O) groups excluding carboxylic acids is 3. The highest BCUT2D eigenvalue weighted by molar-refractivity contribution is 5.92. The molecule has 0 aromatic carbocycles. The number of nitriles is 1. The average molecular weight is 479 g/mol. The lowest BCUT2D eigenvalue weighted by molar-refractivity contribution is -0.174. The number of rotatable bonds is 5. The van der Waals surface area contributed by atoms with Gasteiger partial charge in [-0.1, -0.05) is 20.8 Å². The van der Waals surface area contributed by atoms with Gasteiger partial charge in [0.2, 0.25) is 11.8 Å². The molecule has 1 saturated heterocycles. The summed E-state index contributed by atoms with van der Waals surface area (Å²) in [6, 6.07) is -0.150. The normalized spacial score (nSPS) is 20.6. The monoisotopic (exact) mass is 479 g/mol.